The number of rotatable bonds is 6. The van der Waals surface area contributed by atoms with Crippen molar-refractivity contribution in [3.63, 3.8) is 0 Å². The van der Waals surface area contributed by atoms with Crippen molar-refractivity contribution < 1.29 is 0 Å². The molecule has 0 saturated heterocycles. The van der Waals surface area contributed by atoms with Crippen LogP contribution in [-0.2, 0) is 6.42 Å². The van der Waals surface area contributed by atoms with Crippen molar-refractivity contribution in [2.24, 2.45) is 5.92 Å². The predicted octanol–water partition coefficient (Wildman–Crippen LogP) is 4.33. The van der Waals surface area contributed by atoms with E-state index in [1.165, 1.54) is 17.5 Å². The first-order valence-electron chi connectivity index (χ1n) is 6.93. The first-order chi connectivity index (χ1) is 8.08. The molecule has 0 bridgehead atoms. The summed E-state index contributed by atoms with van der Waals surface area (Å²) in [6.07, 6.45) is 2.35. The maximum atomic E-state index is 3.68. The van der Waals surface area contributed by atoms with E-state index in [0.717, 1.165) is 12.3 Å². The molecule has 0 fully saturated rings. The quantitative estimate of drug-likeness (QED) is 0.771. The highest BCUT2D eigenvalue weighted by Crippen LogP contribution is 2.17. The Bertz CT molecular complexity index is 315. The number of hydrogen-bond donors (Lipinski definition) is 1. The van der Waals surface area contributed by atoms with Gasteiger partial charge in [0.2, 0.25) is 0 Å². The fourth-order valence-corrected chi connectivity index (χ4v) is 2.05. The maximum Gasteiger partial charge on any atom is 0.0294 e. The summed E-state index contributed by atoms with van der Waals surface area (Å²) in [6, 6.07) is 9.98. The average Bonchev–Trinajstić information content (AvgIpc) is 2.37. The Morgan fingerprint density at radius 2 is 1.59 bits per heavy atom. The lowest BCUT2D eigenvalue weighted by atomic mass is 9.98. The predicted molar refractivity (Wildman–Crippen MR) is 76.3 cm³/mol. The summed E-state index contributed by atoms with van der Waals surface area (Å²) >= 11 is 0. The van der Waals surface area contributed by atoms with Crippen LogP contribution in [0.15, 0.2) is 24.3 Å². The smallest absolute Gasteiger partial charge is 0.0294 e. The third-order valence-electron chi connectivity index (χ3n) is 3.90. The van der Waals surface area contributed by atoms with Gasteiger partial charge in [-0.3, -0.25) is 0 Å². The zero-order valence-electron chi connectivity index (χ0n) is 12.0. The van der Waals surface area contributed by atoms with E-state index in [0.29, 0.717) is 12.1 Å². The van der Waals surface area contributed by atoms with Gasteiger partial charge >= 0.3 is 0 Å². The Morgan fingerprint density at radius 3 is 2.06 bits per heavy atom. The molecule has 0 aliphatic heterocycles. The van der Waals surface area contributed by atoms with E-state index in [9.17, 15) is 0 Å². The average molecular weight is 233 g/mol. The first-order valence-corrected chi connectivity index (χ1v) is 6.93. The summed E-state index contributed by atoms with van der Waals surface area (Å²) in [6.45, 7) is 11.3. The van der Waals surface area contributed by atoms with Gasteiger partial charge < -0.3 is 5.32 Å². The Hall–Kier alpha value is -0.820. The fourth-order valence-electron chi connectivity index (χ4n) is 2.05. The molecule has 0 amide bonds. The minimum absolute atomic E-state index is 0.435. The van der Waals surface area contributed by atoms with Gasteiger partial charge in [-0.2, -0.15) is 0 Å². The molecular weight excluding hydrogens is 206 g/mol. The van der Waals surface area contributed by atoms with Gasteiger partial charge in [-0.25, -0.2) is 0 Å². The second-order valence-electron chi connectivity index (χ2n) is 5.16. The standard InChI is InChI=1S/C16H27N/c1-6-12(3)13(4)17-14(5)16-10-8-15(7-2)9-11-16/h8-14,17H,6-7H2,1-5H3. The minimum Gasteiger partial charge on any atom is -0.307 e. The zero-order chi connectivity index (χ0) is 12.8. The van der Waals surface area contributed by atoms with Crippen LogP contribution in [0.2, 0.25) is 0 Å². The first kappa shape index (κ1) is 14.2. The van der Waals surface area contributed by atoms with Crippen molar-refractivity contribution in [2.45, 2.75) is 59.5 Å². The molecule has 0 heterocycles. The molecular formula is C16H27N. The van der Waals surface area contributed by atoms with Crippen LogP contribution in [0, 0.1) is 5.92 Å². The molecule has 0 aliphatic carbocycles. The monoisotopic (exact) mass is 233 g/mol. The molecule has 17 heavy (non-hydrogen) atoms. The number of benzene rings is 1. The highest BCUT2D eigenvalue weighted by Gasteiger charge is 2.13. The molecule has 3 unspecified atom stereocenters. The Kier molecular flexibility index (Phi) is 5.70. The Morgan fingerprint density at radius 1 is 1.00 bits per heavy atom. The van der Waals surface area contributed by atoms with Gasteiger partial charge in [-0.1, -0.05) is 51.5 Å². The van der Waals surface area contributed by atoms with Crippen molar-refractivity contribution in [1.29, 1.82) is 0 Å². The number of hydrogen-bond acceptors (Lipinski definition) is 1. The summed E-state index contributed by atoms with van der Waals surface area (Å²) < 4.78 is 0. The van der Waals surface area contributed by atoms with Crippen LogP contribution in [0.1, 0.15) is 58.2 Å². The molecule has 0 aromatic heterocycles. The molecule has 0 spiro atoms. The van der Waals surface area contributed by atoms with Gasteiger partial charge in [-0.15, -0.1) is 0 Å². The maximum absolute atomic E-state index is 3.68. The van der Waals surface area contributed by atoms with Crippen LogP contribution >= 0.6 is 0 Å². The lowest BCUT2D eigenvalue weighted by molar-refractivity contribution is 0.360. The summed E-state index contributed by atoms with van der Waals surface area (Å²) in [5, 5.41) is 3.68. The molecule has 1 heteroatoms. The molecule has 1 aromatic rings. The fraction of sp³-hybridized carbons (Fsp3) is 0.625. The third kappa shape index (κ3) is 4.16. The molecule has 0 aliphatic rings. The second-order valence-corrected chi connectivity index (χ2v) is 5.16. The molecule has 3 atom stereocenters. The molecule has 1 N–H and O–H groups in total. The van der Waals surface area contributed by atoms with Crippen molar-refractivity contribution in [3.05, 3.63) is 35.4 Å². The third-order valence-corrected chi connectivity index (χ3v) is 3.90. The number of nitrogens with one attached hydrogen (secondary N) is 1. The zero-order valence-corrected chi connectivity index (χ0v) is 12.0. The van der Waals surface area contributed by atoms with Crippen LogP contribution in [0.5, 0.6) is 0 Å². The summed E-state index contributed by atoms with van der Waals surface area (Å²) in [4.78, 5) is 0. The summed E-state index contributed by atoms with van der Waals surface area (Å²) in [5.74, 6) is 0.729. The van der Waals surface area contributed by atoms with E-state index < -0.39 is 0 Å². The van der Waals surface area contributed by atoms with Gasteiger partial charge in [0.15, 0.2) is 0 Å². The molecule has 1 aromatic carbocycles. The molecule has 96 valence electrons. The topological polar surface area (TPSA) is 12.0 Å². The highest BCUT2D eigenvalue weighted by atomic mass is 14.9. The van der Waals surface area contributed by atoms with Gasteiger partial charge in [0.05, 0.1) is 0 Å². The Labute approximate surface area is 107 Å². The summed E-state index contributed by atoms with van der Waals surface area (Å²) in [5.41, 5.74) is 2.80. The normalized spacial score (nSPS) is 16.5. The van der Waals surface area contributed by atoms with E-state index in [1.54, 1.807) is 0 Å². The SMILES string of the molecule is CCc1ccc(C(C)NC(C)C(C)CC)cc1. The highest BCUT2D eigenvalue weighted by molar-refractivity contribution is 5.24. The largest absolute Gasteiger partial charge is 0.307 e. The van der Waals surface area contributed by atoms with Gasteiger partial charge in [0.25, 0.3) is 0 Å². The van der Waals surface area contributed by atoms with Gasteiger partial charge in [-0.05, 0) is 37.3 Å². The van der Waals surface area contributed by atoms with E-state index >= 15 is 0 Å². The van der Waals surface area contributed by atoms with Crippen LogP contribution < -0.4 is 5.32 Å². The van der Waals surface area contributed by atoms with E-state index in [2.05, 4.69) is 64.2 Å². The molecule has 1 nitrogen and oxygen atoms in total. The molecule has 1 rings (SSSR count). The van der Waals surface area contributed by atoms with Gasteiger partial charge in [0, 0.05) is 12.1 Å². The van der Waals surface area contributed by atoms with Crippen molar-refractivity contribution in [1.82, 2.24) is 5.32 Å². The lowest BCUT2D eigenvalue weighted by Gasteiger charge is -2.25. The van der Waals surface area contributed by atoms with E-state index in [-0.39, 0.29) is 0 Å². The van der Waals surface area contributed by atoms with Crippen molar-refractivity contribution >= 4 is 0 Å². The van der Waals surface area contributed by atoms with Crippen LogP contribution in [0.4, 0.5) is 0 Å². The van der Waals surface area contributed by atoms with Crippen LogP contribution in [0.25, 0.3) is 0 Å². The van der Waals surface area contributed by atoms with Crippen molar-refractivity contribution in [2.75, 3.05) is 0 Å². The van der Waals surface area contributed by atoms with Gasteiger partial charge in [0.1, 0.15) is 0 Å². The molecule has 0 radical (unpaired) electrons. The minimum atomic E-state index is 0.435. The van der Waals surface area contributed by atoms with E-state index in [4.69, 9.17) is 0 Å². The van der Waals surface area contributed by atoms with E-state index in [1.807, 2.05) is 0 Å². The van der Waals surface area contributed by atoms with Crippen LogP contribution in [0.3, 0.4) is 0 Å². The lowest BCUT2D eigenvalue weighted by Crippen LogP contribution is -2.33. The molecule has 0 saturated carbocycles. The van der Waals surface area contributed by atoms with Crippen LogP contribution in [-0.4, -0.2) is 6.04 Å². The second kappa shape index (κ2) is 6.80. The van der Waals surface area contributed by atoms with Crippen molar-refractivity contribution in [3.8, 4) is 0 Å². The Balaban J connectivity index is 2.59. The number of aryl methyl sites for hydroxylation is 1. The summed E-state index contributed by atoms with van der Waals surface area (Å²) in [7, 11) is 0.